The van der Waals surface area contributed by atoms with Gasteiger partial charge < -0.3 is 9.47 Å². The Morgan fingerprint density at radius 2 is 1.77 bits per heavy atom. The second-order valence-electron chi connectivity index (χ2n) is 8.31. The molecule has 0 amide bonds. The van der Waals surface area contributed by atoms with E-state index in [0.29, 0.717) is 18.9 Å². The number of benzene rings is 2. The normalized spacial score (nSPS) is 17.0. The molecule has 0 unspecified atom stereocenters. The molecule has 0 saturated heterocycles. The molecule has 1 saturated carbocycles. The van der Waals surface area contributed by atoms with Crippen LogP contribution in [0.1, 0.15) is 51.0 Å². The molecule has 0 heterocycles. The van der Waals surface area contributed by atoms with E-state index in [4.69, 9.17) is 9.47 Å². The van der Waals surface area contributed by atoms with Crippen LogP contribution in [0.15, 0.2) is 66.7 Å². The van der Waals surface area contributed by atoms with Crippen molar-refractivity contribution in [3.63, 3.8) is 0 Å². The van der Waals surface area contributed by atoms with Gasteiger partial charge in [0, 0.05) is 5.92 Å². The van der Waals surface area contributed by atoms with E-state index in [0.717, 1.165) is 0 Å². The highest BCUT2D eigenvalue weighted by atomic mass is 16.5. The van der Waals surface area contributed by atoms with Crippen LogP contribution in [0.2, 0.25) is 0 Å². The van der Waals surface area contributed by atoms with Crippen LogP contribution >= 0.6 is 0 Å². The van der Waals surface area contributed by atoms with E-state index in [1.165, 1.54) is 55.9 Å². The Kier molecular flexibility index (Phi) is 8.70. The zero-order valence-electron chi connectivity index (χ0n) is 18.3. The minimum absolute atomic E-state index is 0.166. The first kappa shape index (κ1) is 22.3. The quantitative estimate of drug-likeness (QED) is 0.349. The molecule has 2 aromatic carbocycles. The fourth-order valence-corrected chi connectivity index (χ4v) is 4.42. The number of methoxy groups -OCH3 is 1. The number of esters is 1. The summed E-state index contributed by atoms with van der Waals surface area (Å²) in [7, 11) is 1.43. The first-order chi connectivity index (χ1) is 14.7. The summed E-state index contributed by atoms with van der Waals surface area (Å²) in [6.45, 7) is 2.81. The number of hydrogen-bond donors (Lipinski definition) is 0. The maximum atomic E-state index is 11.4. The number of rotatable bonds is 9. The van der Waals surface area contributed by atoms with E-state index in [1.807, 2.05) is 12.1 Å². The summed E-state index contributed by atoms with van der Waals surface area (Å²) in [6.07, 6.45) is 10.9. The Bertz CT molecular complexity index is 806. The van der Waals surface area contributed by atoms with E-state index in [-0.39, 0.29) is 18.0 Å². The van der Waals surface area contributed by atoms with Gasteiger partial charge in [0.2, 0.25) is 0 Å². The number of carbonyl (C=O) groups excluding carboxylic acids is 1. The van der Waals surface area contributed by atoms with Crippen molar-refractivity contribution in [2.45, 2.75) is 58.2 Å². The summed E-state index contributed by atoms with van der Waals surface area (Å²) in [6, 6.07) is 19.1. The summed E-state index contributed by atoms with van der Waals surface area (Å²) in [5, 5.41) is 0. The average molecular weight is 407 g/mol. The molecule has 160 valence electrons. The zero-order chi connectivity index (χ0) is 21.2. The van der Waals surface area contributed by atoms with Crippen molar-refractivity contribution in [1.29, 1.82) is 0 Å². The number of ether oxygens (including phenoxy) is 2. The van der Waals surface area contributed by atoms with Crippen molar-refractivity contribution in [3.05, 3.63) is 72.3 Å². The molecule has 2 atom stereocenters. The molecule has 0 radical (unpaired) electrons. The standard InChI is InChI=1S/C27H34O3/c1-21(11-9-18-26(28)29-2)27(24-15-7-4-8-16-24)30-20-22-12-10-17-25(19-22)23-13-5-3-6-14-23/h3,5-6,9-14,17,19,21,24,27H,4,7-8,15-16,18,20H2,1-2H3/t21-,27+/m1/s1. The molecular weight excluding hydrogens is 372 g/mol. The van der Waals surface area contributed by atoms with Gasteiger partial charge in [-0.1, -0.05) is 86.9 Å². The maximum absolute atomic E-state index is 11.4. The second kappa shape index (κ2) is 11.7. The third kappa shape index (κ3) is 6.56. The molecule has 1 fully saturated rings. The van der Waals surface area contributed by atoms with Gasteiger partial charge in [0.25, 0.3) is 0 Å². The highest BCUT2D eigenvalue weighted by Gasteiger charge is 2.28. The van der Waals surface area contributed by atoms with Crippen molar-refractivity contribution in [2.24, 2.45) is 11.8 Å². The molecular formula is C27H34O3. The van der Waals surface area contributed by atoms with Crippen molar-refractivity contribution in [2.75, 3.05) is 7.11 Å². The van der Waals surface area contributed by atoms with Crippen LogP contribution in [0.4, 0.5) is 0 Å². The van der Waals surface area contributed by atoms with E-state index < -0.39 is 0 Å². The molecule has 0 spiro atoms. The third-order valence-electron chi connectivity index (χ3n) is 6.06. The van der Waals surface area contributed by atoms with Gasteiger partial charge in [0.1, 0.15) is 0 Å². The fourth-order valence-electron chi connectivity index (χ4n) is 4.42. The SMILES string of the molecule is COC(=O)CC=C[C@@H](C)[C@H](OCc1cccc(-c2ccccc2)c1)C1CCCCC1. The smallest absolute Gasteiger partial charge is 0.309 e. The van der Waals surface area contributed by atoms with Crippen LogP contribution in [0.25, 0.3) is 11.1 Å². The van der Waals surface area contributed by atoms with Gasteiger partial charge in [-0.2, -0.15) is 0 Å². The zero-order valence-corrected chi connectivity index (χ0v) is 18.3. The Balaban J connectivity index is 1.68. The molecule has 2 aromatic rings. The molecule has 1 aliphatic rings. The van der Waals surface area contributed by atoms with Gasteiger partial charge >= 0.3 is 5.97 Å². The molecule has 1 aliphatic carbocycles. The Morgan fingerprint density at radius 3 is 2.50 bits per heavy atom. The molecule has 3 rings (SSSR count). The van der Waals surface area contributed by atoms with E-state index in [1.54, 1.807) is 0 Å². The minimum atomic E-state index is -0.202. The van der Waals surface area contributed by atoms with E-state index in [2.05, 4.69) is 61.5 Å². The molecule has 3 nitrogen and oxygen atoms in total. The molecule has 3 heteroatoms. The minimum Gasteiger partial charge on any atom is -0.469 e. The highest BCUT2D eigenvalue weighted by molar-refractivity contribution is 5.70. The van der Waals surface area contributed by atoms with Crippen molar-refractivity contribution >= 4 is 5.97 Å². The number of carbonyl (C=O) groups is 1. The molecule has 0 N–H and O–H groups in total. The first-order valence-corrected chi connectivity index (χ1v) is 11.2. The summed E-state index contributed by atoms with van der Waals surface area (Å²) < 4.78 is 11.3. The lowest BCUT2D eigenvalue weighted by Crippen LogP contribution is -2.31. The average Bonchev–Trinajstić information content (AvgIpc) is 2.80. The molecule has 0 bridgehead atoms. The lowest BCUT2D eigenvalue weighted by atomic mass is 9.80. The monoisotopic (exact) mass is 406 g/mol. The summed E-state index contributed by atoms with van der Waals surface area (Å²) in [5.74, 6) is 0.634. The van der Waals surface area contributed by atoms with Gasteiger partial charge in [-0.3, -0.25) is 4.79 Å². The number of hydrogen-bond acceptors (Lipinski definition) is 3. The lowest BCUT2D eigenvalue weighted by Gasteiger charge is -2.33. The fraction of sp³-hybridized carbons (Fsp3) is 0.444. The van der Waals surface area contributed by atoms with Crippen LogP contribution in [-0.4, -0.2) is 19.2 Å². The van der Waals surface area contributed by atoms with Gasteiger partial charge in [-0.25, -0.2) is 0 Å². The Morgan fingerprint density at radius 1 is 1.03 bits per heavy atom. The van der Waals surface area contributed by atoms with E-state index in [9.17, 15) is 4.79 Å². The molecule has 0 aromatic heterocycles. The highest BCUT2D eigenvalue weighted by Crippen LogP contribution is 2.33. The molecule has 0 aliphatic heterocycles. The molecule has 30 heavy (non-hydrogen) atoms. The Hall–Kier alpha value is -2.39. The maximum Gasteiger partial charge on any atom is 0.309 e. The van der Waals surface area contributed by atoms with Crippen LogP contribution in [0, 0.1) is 11.8 Å². The second-order valence-corrected chi connectivity index (χ2v) is 8.31. The van der Waals surface area contributed by atoms with Crippen LogP contribution in [0.5, 0.6) is 0 Å². The first-order valence-electron chi connectivity index (χ1n) is 11.2. The summed E-state index contributed by atoms with van der Waals surface area (Å²) in [5.41, 5.74) is 3.64. The predicted octanol–water partition coefficient (Wildman–Crippen LogP) is 6.57. The summed E-state index contributed by atoms with van der Waals surface area (Å²) in [4.78, 5) is 11.4. The van der Waals surface area contributed by atoms with Gasteiger partial charge in [0.05, 0.1) is 26.2 Å². The predicted molar refractivity (Wildman–Crippen MR) is 122 cm³/mol. The topological polar surface area (TPSA) is 35.5 Å². The lowest BCUT2D eigenvalue weighted by molar-refractivity contribution is -0.139. The van der Waals surface area contributed by atoms with Gasteiger partial charge in [-0.05, 0) is 41.5 Å². The van der Waals surface area contributed by atoms with Crippen molar-refractivity contribution in [1.82, 2.24) is 0 Å². The van der Waals surface area contributed by atoms with Crippen LogP contribution in [-0.2, 0) is 20.9 Å². The van der Waals surface area contributed by atoms with Crippen LogP contribution in [0.3, 0.4) is 0 Å². The summed E-state index contributed by atoms with van der Waals surface area (Å²) >= 11 is 0. The van der Waals surface area contributed by atoms with Crippen molar-refractivity contribution in [3.8, 4) is 11.1 Å². The largest absolute Gasteiger partial charge is 0.469 e. The van der Waals surface area contributed by atoms with Crippen molar-refractivity contribution < 1.29 is 14.3 Å². The van der Waals surface area contributed by atoms with E-state index >= 15 is 0 Å². The van der Waals surface area contributed by atoms with Crippen LogP contribution < -0.4 is 0 Å². The Labute approximate surface area is 181 Å². The van der Waals surface area contributed by atoms with Gasteiger partial charge in [-0.15, -0.1) is 0 Å². The third-order valence-corrected chi connectivity index (χ3v) is 6.06. The van der Waals surface area contributed by atoms with Gasteiger partial charge in [0.15, 0.2) is 0 Å².